The third kappa shape index (κ3) is 7.52. The smallest absolute Gasteiger partial charge is 0.191 e. The molecule has 0 aromatic heterocycles. The van der Waals surface area contributed by atoms with E-state index in [1.54, 1.807) is 13.2 Å². The fourth-order valence-electron chi connectivity index (χ4n) is 1.43. The van der Waals surface area contributed by atoms with Crippen molar-refractivity contribution >= 4 is 53.1 Å². The highest BCUT2D eigenvalue weighted by molar-refractivity contribution is 14.0. The molecule has 20 heavy (non-hydrogen) atoms. The number of methoxy groups -OCH3 is 1. The molecule has 0 saturated carbocycles. The molecule has 0 saturated heterocycles. The first-order valence-electron chi connectivity index (χ1n) is 6.12. The molecule has 0 aliphatic carbocycles. The zero-order chi connectivity index (χ0) is 14.1. The van der Waals surface area contributed by atoms with Crippen LogP contribution in [0.2, 0.25) is 10.0 Å². The summed E-state index contributed by atoms with van der Waals surface area (Å²) in [4.78, 5) is 4.46. The van der Waals surface area contributed by atoms with E-state index in [-0.39, 0.29) is 24.0 Å². The number of nitrogens with one attached hydrogen (secondary N) is 2. The Hall–Kier alpha value is -0.240. The van der Waals surface area contributed by atoms with Gasteiger partial charge >= 0.3 is 0 Å². The molecule has 0 fully saturated rings. The van der Waals surface area contributed by atoms with Crippen LogP contribution in [0.3, 0.4) is 0 Å². The summed E-state index contributed by atoms with van der Waals surface area (Å²) in [5.41, 5.74) is 0.940. The maximum absolute atomic E-state index is 6.10. The van der Waals surface area contributed by atoms with Gasteiger partial charge in [0.15, 0.2) is 5.96 Å². The van der Waals surface area contributed by atoms with Crippen LogP contribution in [0.25, 0.3) is 0 Å². The number of ether oxygens (including phenoxy) is 1. The van der Waals surface area contributed by atoms with E-state index in [0.29, 0.717) is 29.7 Å². The molecule has 0 unspecified atom stereocenters. The van der Waals surface area contributed by atoms with Crippen LogP contribution in [0.15, 0.2) is 23.2 Å². The van der Waals surface area contributed by atoms with Gasteiger partial charge in [-0.3, -0.25) is 0 Å². The SMILES string of the molecule is CCNC(=NCc1ccc(Cl)cc1Cl)NCCOC.I. The van der Waals surface area contributed by atoms with Crippen molar-refractivity contribution in [2.75, 3.05) is 26.8 Å². The fraction of sp³-hybridized carbons (Fsp3) is 0.462. The summed E-state index contributed by atoms with van der Waals surface area (Å²) in [6, 6.07) is 5.41. The van der Waals surface area contributed by atoms with Gasteiger partial charge in [-0.05, 0) is 24.6 Å². The number of rotatable bonds is 6. The van der Waals surface area contributed by atoms with Crippen molar-refractivity contribution in [2.24, 2.45) is 4.99 Å². The lowest BCUT2D eigenvalue weighted by Gasteiger charge is -2.11. The molecule has 7 heteroatoms. The van der Waals surface area contributed by atoms with Crippen LogP contribution in [-0.2, 0) is 11.3 Å². The maximum Gasteiger partial charge on any atom is 0.191 e. The molecule has 2 N–H and O–H groups in total. The number of nitrogens with zero attached hydrogens (tertiary/aromatic N) is 1. The van der Waals surface area contributed by atoms with E-state index >= 15 is 0 Å². The molecule has 114 valence electrons. The Bertz CT molecular complexity index is 430. The topological polar surface area (TPSA) is 45.7 Å². The average molecular weight is 432 g/mol. The van der Waals surface area contributed by atoms with Gasteiger partial charge in [0.1, 0.15) is 0 Å². The lowest BCUT2D eigenvalue weighted by atomic mass is 10.2. The van der Waals surface area contributed by atoms with E-state index in [1.165, 1.54) is 0 Å². The van der Waals surface area contributed by atoms with Crippen molar-refractivity contribution in [2.45, 2.75) is 13.5 Å². The summed E-state index contributed by atoms with van der Waals surface area (Å²) >= 11 is 12.0. The summed E-state index contributed by atoms with van der Waals surface area (Å²) in [7, 11) is 1.67. The van der Waals surface area contributed by atoms with Gasteiger partial charge in [0, 0.05) is 30.2 Å². The number of hydrogen-bond acceptors (Lipinski definition) is 2. The molecular formula is C13H20Cl2IN3O. The molecule has 0 heterocycles. The number of hydrogen-bond donors (Lipinski definition) is 2. The van der Waals surface area contributed by atoms with Gasteiger partial charge in [-0.25, -0.2) is 4.99 Å². The first-order chi connectivity index (χ1) is 9.17. The van der Waals surface area contributed by atoms with Crippen LogP contribution in [-0.4, -0.2) is 32.8 Å². The van der Waals surface area contributed by atoms with E-state index in [2.05, 4.69) is 15.6 Å². The summed E-state index contributed by atoms with van der Waals surface area (Å²) in [6.45, 7) is 4.65. The first kappa shape index (κ1) is 19.8. The second-order valence-electron chi connectivity index (χ2n) is 3.85. The Morgan fingerprint density at radius 3 is 2.65 bits per heavy atom. The Balaban J connectivity index is 0.00000361. The molecule has 1 aromatic carbocycles. The third-order valence-corrected chi connectivity index (χ3v) is 2.95. The van der Waals surface area contributed by atoms with Crippen molar-refractivity contribution in [3.05, 3.63) is 33.8 Å². The molecule has 1 aromatic rings. The Morgan fingerprint density at radius 1 is 1.30 bits per heavy atom. The Labute approximate surface area is 147 Å². The molecule has 0 aliphatic heterocycles. The largest absolute Gasteiger partial charge is 0.383 e. The highest BCUT2D eigenvalue weighted by Gasteiger charge is 2.02. The third-order valence-electron chi connectivity index (χ3n) is 2.37. The normalized spacial score (nSPS) is 10.9. The molecule has 0 bridgehead atoms. The van der Waals surface area contributed by atoms with Crippen molar-refractivity contribution in [1.29, 1.82) is 0 Å². The molecule has 0 radical (unpaired) electrons. The maximum atomic E-state index is 6.10. The van der Waals surface area contributed by atoms with Gasteiger partial charge in [0.05, 0.1) is 13.2 Å². The van der Waals surface area contributed by atoms with Crippen molar-refractivity contribution in [1.82, 2.24) is 10.6 Å². The van der Waals surface area contributed by atoms with Crippen LogP contribution in [0.1, 0.15) is 12.5 Å². The monoisotopic (exact) mass is 431 g/mol. The highest BCUT2D eigenvalue weighted by atomic mass is 127. The van der Waals surface area contributed by atoms with E-state index in [1.807, 2.05) is 19.1 Å². The van der Waals surface area contributed by atoms with E-state index < -0.39 is 0 Å². The predicted octanol–water partition coefficient (Wildman–Crippen LogP) is 3.31. The van der Waals surface area contributed by atoms with Crippen LogP contribution in [0, 0.1) is 0 Å². The van der Waals surface area contributed by atoms with Gasteiger partial charge < -0.3 is 15.4 Å². The minimum absolute atomic E-state index is 0. The van der Waals surface area contributed by atoms with Gasteiger partial charge in [0.25, 0.3) is 0 Å². The quantitative estimate of drug-likeness (QED) is 0.314. The molecule has 0 atom stereocenters. The number of halogens is 3. The van der Waals surface area contributed by atoms with Crippen LogP contribution in [0.5, 0.6) is 0 Å². The predicted molar refractivity (Wildman–Crippen MR) is 96.6 cm³/mol. The minimum atomic E-state index is 0. The zero-order valence-corrected chi connectivity index (χ0v) is 15.4. The fourth-order valence-corrected chi connectivity index (χ4v) is 1.90. The molecule has 1 rings (SSSR count). The zero-order valence-electron chi connectivity index (χ0n) is 11.6. The van der Waals surface area contributed by atoms with Crippen molar-refractivity contribution < 1.29 is 4.74 Å². The molecule has 4 nitrogen and oxygen atoms in total. The number of guanidine groups is 1. The molecule has 0 amide bonds. The Kier molecular flexibility index (Phi) is 11.3. The second kappa shape index (κ2) is 11.4. The number of benzene rings is 1. The lowest BCUT2D eigenvalue weighted by Crippen LogP contribution is -2.38. The van der Waals surface area contributed by atoms with Crippen LogP contribution in [0.4, 0.5) is 0 Å². The summed E-state index contributed by atoms with van der Waals surface area (Å²) in [5.74, 6) is 0.741. The van der Waals surface area contributed by atoms with E-state index in [9.17, 15) is 0 Å². The van der Waals surface area contributed by atoms with Crippen molar-refractivity contribution in [3.63, 3.8) is 0 Å². The average Bonchev–Trinajstić information content (AvgIpc) is 2.37. The van der Waals surface area contributed by atoms with Gasteiger partial charge in [-0.2, -0.15) is 0 Å². The van der Waals surface area contributed by atoms with Gasteiger partial charge in [-0.1, -0.05) is 29.3 Å². The summed E-state index contributed by atoms with van der Waals surface area (Å²) in [5, 5.41) is 7.58. The molecular weight excluding hydrogens is 412 g/mol. The molecule has 0 spiro atoms. The number of aliphatic imine (C=N–C) groups is 1. The highest BCUT2D eigenvalue weighted by Crippen LogP contribution is 2.21. The standard InChI is InChI=1S/C13H19Cl2N3O.HI/c1-3-16-13(17-6-7-19-2)18-9-10-4-5-11(14)8-12(10)15;/h4-5,8H,3,6-7,9H2,1-2H3,(H2,16,17,18);1H. The Morgan fingerprint density at radius 2 is 2.05 bits per heavy atom. The summed E-state index contributed by atoms with van der Waals surface area (Å²) in [6.07, 6.45) is 0. The van der Waals surface area contributed by atoms with Gasteiger partial charge in [-0.15, -0.1) is 24.0 Å². The molecule has 0 aliphatic rings. The minimum Gasteiger partial charge on any atom is -0.383 e. The van der Waals surface area contributed by atoms with E-state index in [0.717, 1.165) is 18.1 Å². The lowest BCUT2D eigenvalue weighted by molar-refractivity contribution is 0.203. The van der Waals surface area contributed by atoms with Crippen molar-refractivity contribution in [3.8, 4) is 0 Å². The van der Waals surface area contributed by atoms with Crippen LogP contribution >= 0.6 is 47.2 Å². The summed E-state index contributed by atoms with van der Waals surface area (Å²) < 4.78 is 4.98. The first-order valence-corrected chi connectivity index (χ1v) is 6.88. The van der Waals surface area contributed by atoms with Crippen LogP contribution < -0.4 is 10.6 Å². The van der Waals surface area contributed by atoms with E-state index in [4.69, 9.17) is 27.9 Å². The second-order valence-corrected chi connectivity index (χ2v) is 4.69. The van der Waals surface area contributed by atoms with Gasteiger partial charge in [0.2, 0.25) is 0 Å².